The summed E-state index contributed by atoms with van der Waals surface area (Å²) in [7, 11) is 0. The summed E-state index contributed by atoms with van der Waals surface area (Å²) in [6, 6.07) is 9.38. The predicted octanol–water partition coefficient (Wildman–Crippen LogP) is 3.08. The summed E-state index contributed by atoms with van der Waals surface area (Å²) in [4.78, 5) is 11.7. The molecule has 12 heavy (non-hydrogen) atoms. The average Bonchev–Trinajstić information content (AvgIpc) is 2.03. The number of Topliss-reactive ketones (excluding diaryl/α,β-unsaturated/α-hetero) is 1. The zero-order valence-corrected chi connectivity index (χ0v) is 9.33. The average molecular weight is 274 g/mol. The number of carbonyl (C=O) groups is 1. The number of hydrogen-bond donors (Lipinski definition) is 0. The highest BCUT2D eigenvalue weighted by Gasteiger charge is 2.24. The second-order valence-electron chi connectivity index (χ2n) is 3.17. The number of ketones is 1. The number of rotatable bonds is 2. The van der Waals surface area contributed by atoms with Crippen molar-refractivity contribution in [3.05, 3.63) is 35.9 Å². The van der Waals surface area contributed by atoms with Gasteiger partial charge in [-0.15, -0.1) is 0 Å². The molecule has 0 N–H and O–H groups in total. The minimum atomic E-state index is -0.306. The fourth-order valence-electron chi connectivity index (χ4n) is 0.933. The van der Waals surface area contributed by atoms with Crippen molar-refractivity contribution in [1.82, 2.24) is 0 Å². The highest BCUT2D eigenvalue weighted by Crippen LogP contribution is 2.22. The standard InChI is InChI=1S/C10H11IO/c1-10(2,11)9(12)8-6-4-3-5-7-8/h3-7H,1-2H3. The molecule has 1 aromatic carbocycles. The minimum Gasteiger partial charge on any atom is -0.293 e. The zero-order chi connectivity index (χ0) is 9.19. The van der Waals surface area contributed by atoms with Gasteiger partial charge in [-0.3, -0.25) is 4.79 Å². The van der Waals surface area contributed by atoms with Crippen molar-refractivity contribution in [2.45, 2.75) is 17.3 Å². The van der Waals surface area contributed by atoms with Crippen molar-refractivity contribution in [2.75, 3.05) is 0 Å². The van der Waals surface area contributed by atoms with Gasteiger partial charge < -0.3 is 0 Å². The Labute approximate surface area is 86.3 Å². The summed E-state index contributed by atoms with van der Waals surface area (Å²) >= 11 is 2.16. The first-order valence-electron chi connectivity index (χ1n) is 3.80. The second-order valence-corrected chi connectivity index (χ2v) is 5.86. The molecule has 0 saturated heterocycles. The molecule has 0 bridgehead atoms. The summed E-state index contributed by atoms with van der Waals surface area (Å²) in [6.07, 6.45) is 0. The van der Waals surface area contributed by atoms with Gasteiger partial charge in [0.25, 0.3) is 0 Å². The summed E-state index contributed by atoms with van der Waals surface area (Å²) in [5, 5.41) is 0. The van der Waals surface area contributed by atoms with Crippen LogP contribution in [0.15, 0.2) is 30.3 Å². The lowest BCUT2D eigenvalue weighted by Crippen LogP contribution is -2.23. The molecule has 2 heteroatoms. The Morgan fingerprint density at radius 3 is 2.17 bits per heavy atom. The monoisotopic (exact) mass is 274 g/mol. The smallest absolute Gasteiger partial charge is 0.178 e. The Kier molecular flexibility index (Phi) is 2.88. The summed E-state index contributed by atoms with van der Waals surface area (Å²) in [5.74, 6) is 0.184. The Bertz CT molecular complexity index is 272. The van der Waals surface area contributed by atoms with Gasteiger partial charge in [-0.25, -0.2) is 0 Å². The van der Waals surface area contributed by atoms with Crippen LogP contribution in [0.4, 0.5) is 0 Å². The van der Waals surface area contributed by atoms with Crippen LogP contribution >= 0.6 is 22.6 Å². The third-order valence-corrected chi connectivity index (χ3v) is 2.07. The molecule has 1 rings (SSSR count). The number of halogens is 1. The second kappa shape index (κ2) is 3.56. The maximum Gasteiger partial charge on any atom is 0.178 e. The van der Waals surface area contributed by atoms with Gasteiger partial charge in [0.15, 0.2) is 5.78 Å². The molecule has 0 spiro atoms. The molecule has 0 atom stereocenters. The highest BCUT2D eigenvalue weighted by molar-refractivity contribution is 14.1. The maximum absolute atomic E-state index is 11.7. The molecule has 0 saturated carbocycles. The van der Waals surface area contributed by atoms with E-state index in [9.17, 15) is 4.79 Å². The molecule has 0 aromatic heterocycles. The van der Waals surface area contributed by atoms with E-state index in [1.54, 1.807) is 0 Å². The van der Waals surface area contributed by atoms with Crippen molar-refractivity contribution in [2.24, 2.45) is 0 Å². The number of benzene rings is 1. The van der Waals surface area contributed by atoms with Crippen LogP contribution in [0, 0.1) is 0 Å². The molecule has 0 aliphatic carbocycles. The van der Waals surface area contributed by atoms with Gasteiger partial charge in [-0.1, -0.05) is 52.9 Å². The first-order valence-corrected chi connectivity index (χ1v) is 4.88. The van der Waals surface area contributed by atoms with E-state index in [1.807, 2.05) is 44.2 Å². The molecule has 0 unspecified atom stereocenters. The molecule has 0 aliphatic rings. The quantitative estimate of drug-likeness (QED) is 0.460. The molecular weight excluding hydrogens is 263 g/mol. The van der Waals surface area contributed by atoms with Crippen LogP contribution in [0.25, 0.3) is 0 Å². The fourth-order valence-corrected chi connectivity index (χ4v) is 1.24. The van der Waals surface area contributed by atoms with E-state index in [0.717, 1.165) is 5.56 Å². The topological polar surface area (TPSA) is 17.1 Å². The molecule has 1 aromatic rings. The molecule has 1 nitrogen and oxygen atoms in total. The van der Waals surface area contributed by atoms with Crippen LogP contribution in [0.5, 0.6) is 0 Å². The van der Waals surface area contributed by atoms with Gasteiger partial charge in [-0.2, -0.15) is 0 Å². The lowest BCUT2D eigenvalue weighted by atomic mass is 10.0. The summed E-state index contributed by atoms with van der Waals surface area (Å²) < 4.78 is -0.306. The Morgan fingerprint density at radius 2 is 1.75 bits per heavy atom. The van der Waals surface area contributed by atoms with Gasteiger partial charge in [0.1, 0.15) is 0 Å². The van der Waals surface area contributed by atoms with E-state index >= 15 is 0 Å². The van der Waals surface area contributed by atoms with Crippen molar-refractivity contribution in [3.63, 3.8) is 0 Å². The van der Waals surface area contributed by atoms with Gasteiger partial charge in [-0.05, 0) is 13.8 Å². The molecule has 0 aliphatic heterocycles. The fraction of sp³-hybridized carbons (Fsp3) is 0.300. The molecular formula is C10H11IO. The first-order chi connectivity index (χ1) is 5.52. The molecule has 0 radical (unpaired) electrons. The molecule has 0 heterocycles. The van der Waals surface area contributed by atoms with E-state index in [1.165, 1.54) is 0 Å². The number of hydrogen-bond acceptors (Lipinski definition) is 1. The lowest BCUT2D eigenvalue weighted by Gasteiger charge is -2.13. The molecule has 64 valence electrons. The van der Waals surface area contributed by atoms with Crippen LogP contribution in [0.3, 0.4) is 0 Å². The van der Waals surface area contributed by atoms with Crippen molar-refractivity contribution in [1.29, 1.82) is 0 Å². The first kappa shape index (κ1) is 9.71. The van der Waals surface area contributed by atoms with E-state index in [2.05, 4.69) is 22.6 Å². The van der Waals surface area contributed by atoms with Crippen molar-refractivity contribution in [3.8, 4) is 0 Å². The maximum atomic E-state index is 11.7. The summed E-state index contributed by atoms with van der Waals surface area (Å²) in [6.45, 7) is 3.84. The molecule has 0 fully saturated rings. The predicted molar refractivity (Wildman–Crippen MR) is 58.9 cm³/mol. The third-order valence-electron chi connectivity index (χ3n) is 1.58. The molecule has 0 amide bonds. The number of alkyl halides is 1. The van der Waals surface area contributed by atoms with Gasteiger partial charge in [0.2, 0.25) is 0 Å². The van der Waals surface area contributed by atoms with E-state index in [4.69, 9.17) is 0 Å². The van der Waals surface area contributed by atoms with E-state index in [0.29, 0.717) is 0 Å². The lowest BCUT2D eigenvalue weighted by molar-refractivity contribution is 0.0965. The third kappa shape index (κ3) is 2.30. The van der Waals surface area contributed by atoms with Gasteiger partial charge in [0, 0.05) is 5.56 Å². The normalized spacial score (nSPS) is 11.2. The van der Waals surface area contributed by atoms with Gasteiger partial charge in [0.05, 0.1) is 3.42 Å². The van der Waals surface area contributed by atoms with Crippen LogP contribution in [-0.2, 0) is 0 Å². The van der Waals surface area contributed by atoms with Crippen LogP contribution < -0.4 is 0 Å². The largest absolute Gasteiger partial charge is 0.293 e. The summed E-state index contributed by atoms with van der Waals surface area (Å²) in [5.41, 5.74) is 0.789. The Morgan fingerprint density at radius 1 is 1.25 bits per heavy atom. The van der Waals surface area contributed by atoms with E-state index < -0.39 is 0 Å². The SMILES string of the molecule is CC(C)(I)C(=O)c1ccccc1. The van der Waals surface area contributed by atoms with E-state index in [-0.39, 0.29) is 9.20 Å². The van der Waals surface area contributed by atoms with Crippen LogP contribution in [0.2, 0.25) is 0 Å². The Balaban J connectivity index is 2.94. The van der Waals surface area contributed by atoms with Crippen molar-refractivity contribution < 1.29 is 4.79 Å². The number of carbonyl (C=O) groups excluding carboxylic acids is 1. The van der Waals surface area contributed by atoms with Crippen LogP contribution in [-0.4, -0.2) is 9.20 Å². The Hall–Kier alpha value is -0.380. The zero-order valence-electron chi connectivity index (χ0n) is 7.17. The minimum absolute atomic E-state index is 0.184. The van der Waals surface area contributed by atoms with Crippen LogP contribution in [0.1, 0.15) is 24.2 Å². The highest BCUT2D eigenvalue weighted by atomic mass is 127. The van der Waals surface area contributed by atoms with Gasteiger partial charge >= 0.3 is 0 Å². The van der Waals surface area contributed by atoms with Crippen molar-refractivity contribution >= 4 is 28.4 Å².